The fourth-order valence-electron chi connectivity index (χ4n) is 2.47. The molecule has 0 fully saturated rings. The topological polar surface area (TPSA) is 56.1 Å². The Morgan fingerprint density at radius 2 is 2.00 bits per heavy atom. The molecule has 0 saturated carbocycles. The standard InChI is InChI=1S/C19H19N3O2/c1-14-8-9-18(24-2)17(10-14)21-19(23)11-15-12-20-22(13-15)16-6-4-3-5-7-16/h3-10,12-13H,11H2,1-2H3,(H,21,23). The molecule has 1 amide bonds. The Hall–Kier alpha value is -3.08. The lowest BCUT2D eigenvalue weighted by molar-refractivity contribution is -0.115. The Kier molecular flexibility index (Phi) is 4.61. The predicted octanol–water partition coefficient (Wildman–Crippen LogP) is 3.37. The van der Waals surface area contributed by atoms with Crippen molar-refractivity contribution in [2.45, 2.75) is 13.3 Å². The zero-order valence-corrected chi connectivity index (χ0v) is 13.7. The van der Waals surface area contributed by atoms with E-state index in [1.807, 2.05) is 61.7 Å². The van der Waals surface area contributed by atoms with Crippen molar-refractivity contribution in [3.8, 4) is 11.4 Å². The van der Waals surface area contributed by atoms with E-state index in [0.29, 0.717) is 11.4 Å². The molecule has 122 valence electrons. The number of carbonyl (C=O) groups is 1. The van der Waals surface area contributed by atoms with Crippen LogP contribution in [0.1, 0.15) is 11.1 Å². The van der Waals surface area contributed by atoms with Gasteiger partial charge >= 0.3 is 0 Å². The maximum absolute atomic E-state index is 12.3. The Balaban J connectivity index is 1.70. The normalized spacial score (nSPS) is 10.4. The molecule has 0 bridgehead atoms. The number of para-hydroxylation sites is 1. The highest BCUT2D eigenvalue weighted by Crippen LogP contribution is 2.25. The number of nitrogens with one attached hydrogen (secondary N) is 1. The van der Waals surface area contributed by atoms with Gasteiger partial charge in [-0.3, -0.25) is 4.79 Å². The van der Waals surface area contributed by atoms with Gasteiger partial charge in [-0.1, -0.05) is 24.3 Å². The molecule has 1 aromatic heterocycles. The number of hydrogen-bond acceptors (Lipinski definition) is 3. The summed E-state index contributed by atoms with van der Waals surface area (Å²) in [6.07, 6.45) is 3.83. The molecule has 5 nitrogen and oxygen atoms in total. The zero-order chi connectivity index (χ0) is 16.9. The molecule has 0 aliphatic rings. The van der Waals surface area contributed by atoms with Crippen LogP contribution in [0, 0.1) is 6.92 Å². The first-order chi connectivity index (χ1) is 11.7. The molecular formula is C19H19N3O2. The molecule has 0 aliphatic heterocycles. The van der Waals surface area contributed by atoms with Gasteiger partial charge in [0, 0.05) is 6.20 Å². The number of hydrogen-bond donors (Lipinski definition) is 1. The van der Waals surface area contributed by atoms with Gasteiger partial charge in [-0.2, -0.15) is 5.10 Å². The van der Waals surface area contributed by atoms with Crippen molar-refractivity contribution in [2.75, 3.05) is 12.4 Å². The lowest BCUT2D eigenvalue weighted by atomic mass is 10.2. The van der Waals surface area contributed by atoms with Crippen LogP contribution in [-0.4, -0.2) is 22.8 Å². The summed E-state index contributed by atoms with van der Waals surface area (Å²) < 4.78 is 7.04. The van der Waals surface area contributed by atoms with Crippen LogP contribution in [0.25, 0.3) is 5.69 Å². The minimum absolute atomic E-state index is 0.105. The van der Waals surface area contributed by atoms with Crippen LogP contribution in [0.4, 0.5) is 5.69 Å². The quantitative estimate of drug-likeness (QED) is 0.784. The molecule has 0 aliphatic carbocycles. The van der Waals surface area contributed by atoms with Crippen molar-refractivity contribution in [3.05, 3.63) is 72.1 Å². The third-order valence-corrected chi connectivity index (χ3v) is 3.65. The highest BCUT2D eigenvalue weighted by Gasteiger charge is 2.10. The van der Waals surface area contributed by atoms with Gasteiger partial charge in [0.2, 0.25) is 5.91 Å². The van der Waals surface area contributed by atoms with E-state index < -0.39 is 0 Å². The number of anilines is 1. The van der Waals surface area contributed by atoms with Gasteiger partial charge in [-0.25, -0.2) is 4.68 Å². The van der Waals surface area contributed by atoms with Gasteiger partial charge in [0.25, 0.3) is 0 Å². The van der Waals surface area contributed by atoms with Gasteiger partial charge in [-0.15, -0.1) is 0 Å². The Labute approximate surface area is 140 Å². The highest BCUT2D eigenvalue weighted by atomic mass is 16.5. The molecule has 0 saturated heterocycles. The maximum Gasteiger partial charge on any atom is 0.229 e. The van der Waals surface area contributed by atoms with Crippen molar-refractivity contribution < 1.29 is 9.53 Å². The number of ether oxygens (including phenoxy) is 1. The summed E-state index contributed by atoms with van der Waals surface area (Å²) in [6, 6.07) is 15.5. The van der Waals surface area contributed by atoms with Crippen molar-refractivity contribution in [2.24, 2.45) is 0 Å². The first-order valence-electron chi connectivity index (χ1n) is 7.69. The molecule has 0 atom stereocenters. The fourth-order valence-corrected chi connectivity index (χ4v) is 2.47. The molecule has 3 aromatic rings. The number of aryl methyl sites for hydroxylation is 1. The van der Waals surface area contributed by atoms with E-state index in [1.54, 1.807) is 18.0 Å². The second-order valence-electron chi connectivity index (χ2n) is 5.56. The maximum atomic E-state index is 12.3. The molecule has 0 radical (unpaired) electrons. The number of rotatable bonds is 5. The minimum atomic E-state index is -0.105. The van der Waals surface area contributed by atoms with Gasteiger partial charge in [-0.05, 0) is 42.3 Å². The highest BCUT2D eigenvalue weighted by molar-refractivity contribution is 5.93. The molecule has 2 aromatic carbocycles. The predicted molar refractivity (Wildman–Crippen MR) is 93.6 cm³/mol. The number of carbonyl (C=O) groups excluding carboxylic acids is 1. The third kappa shape index (κ3) is 3.63. The van der Waals surface area contributed by atoms with E-state index in [1.165, 1.54) is 0 Å². The molecule has 1 heterocycles. The molecule has 1 N–H and O–H groups in total. The summed E-state index contributed by atoms with van der Waals surface area (Å²) in [4.78, 5) is 12.3. The van der Waals surface area contributed by atoms with Crippen LogP contribution in [0.5, 0.6) is 5.75 Å². The van der Waals surface area contributed by atoms with Gasteiger partial charge < -0.3 is 10.1 Å². The summed E-state index contributed by atoms with van der Waals surface area (Å²) in [5, 5.41) is 7.21. The van der Waals surface area contributed by atoms with E-state index >= 15 is 0 Å². The molecule has 0 spiro atoms. The number of benzene rings is 2. The number of amides is 1. The third-order valence-electron chi connectivity index (χ3n) is 3.65. The largest absolute Gasteiger partial charge is 0.495 e. The second kappa shape index (κ2) is 7.00. The number of nitrogens with zero attached hydrogens (tertiary/aromatic N) is 2. The van der Waals surface area contributed by atoms with Crippen molar-refractivity contribution in [3.63, 3.8) is 0 Å². The first-order valence-corrected chi connectivity index (χ1v) is 7.69. The Bertz CT molecular complexity index is 841. The van der Waals surface area contributed by atoms with E-state index in [9.17, 15) is 4.79 Å². The van der Waals surface area contributed by atoms with E-state index in [2.05, 4.69) is 10.4 Å². The van der Waals surface area contributed by atoms with Crippen LogP contribution in [0.3, 0.4) is 0 Å². The molecule has 0 unspecified atom stereocenters. The summed E-state index contributed by atoms with van der Waals surface area (Å²) in [6.45, 7) is 1.97. The van der Waals surface area contributed by atoms with Gasteiger partial charge in [0.05, 0.1) is 31.1 Å². The number of aromatic nitrogens is 2. The van der Waals surface area contributed by atoms with E-state index in [4.69, 9.17) is 4.74 Å². The van der Waals surface area contributed by atoms with Crippen LogP contribution >= 0.6 is 0 Å². The van der Waals surface area contributed by atoms with Crippen LogP contribution in [0.2, 0.25) is 0 Å². The lowest BCUT2D eigenvalue weighted by Crippen LogP contribution is -2.14. The summed E-state index contributed by atoms with van der Waals surface area (Å²) in [7, 11) is 1.59. The molecular weight excluding hydrogens is 302 g/mol. The number of methoxy groups -OCH3 is 1. The minimum Gasteiger partial charge on any atom is -0.495 e. The fraction of sp³-hybridized carbons (Fsp3) is 0.158. The van der Waals surface area contributed by atoms with Crippen molar-refractivity contribution in [1.82, 2.24) is 9.78 Å². The summed E-state index contributed by atoms with van der Waals surface area (Å²) in [5.41, 5.74) is 3.55. The van der Waals surface area contributed by atoms with Crippen LogP contribution in [-0.2, 0) is 11.2 Å². The van der Waals surface area contributed by atoms with E-state index in [0.717, 1.165) is 16.8 Å². The SMILES string of the molecule is COc1ccc(C)cc1NC(=O)Cc1cnn(-c2ccccc2)c1. The van der Waals surface area contributed by atoms with Gasteiger partial charge in [0.15, 0.2) is 0 Å². The first kappa shape index (κ1) is 15.8. The van der Waals surface area contributed by atoms with Crippen LogP contribution in [0.15, 0.2) is 60.9 Å². The Morgan fingerprint density at radius 3 is 2.75 bits per heavy atom. The second-order valence-corrected chi connectivity index (χ2v) is 5.56. The average Bonchev–Trinajstić information content (AvgIpc) is 3.04. The summed E-state index contributed by atoms with van der Waals surface area (Å²) >= 11 is 0. The monoisotopic (exact) mass is 321 g/mol. The Morgan fingerprint density at radius 1 is 1.21 bits per heavy atom. The zero-order valence-electron chi connectivity index (χ0n) is 13.7. The van der Waals surface area contributed by atoms with E-state index in [-0.39, 0.29) is 12.3 Å². The van der Waals surface area contributed by atoms with Crippen LogP contribution < -0.4 is 10.1 Å². The average molecular weight is 321 g/mol. The van der Waals surface area contributed by atoms with Crippen molar-refractivity contribution >= 4 is 11.6 Å². The van der Waals surface area contributed by atoms with Crippen molar-refractivity contribution in [1.29, 1.82) is 0 Å². The smallest absolute Gasteiger partial charge is 0.229 e. The molecule has 3 rings (SSSR count). The van der Waals surface area contributed by atoms with Gasteiger partial charge in [0.1, 0.15) is 5.75 Å². The molecule has 5 heteroatoms. The molecule has 24 heavy (non-hydrogen) atoms. The summed E-state index contributed by atoms with van der Waals surface area (Å²) in [5.74, 6) is 0.542. The lowest BCUT2D eigenvalue weighted by Gasteiger charge is -2.10.